The Labute approximate surface area is 163 Å². The van der Waals surface area contributed by atoms with Gasteiger partial charge in [0.1, 0.15) is 0 Å². The quantitative estimate of drug-likeness (QED) is 0.784. The van der Waals surface area contributed by atoms with Gasteiger partial charge in [-0.15, -0.1) is 0 Å². The Balaban J connectivity index is 1.59. The molecule has 3 rings (SSSR count). The van der Waals surface area contributed by atoms with Crippen LogP contribution in [0.2, 0.25) is 0 Å². The Morgan fingerprint density at radius 1 is 1.00 bits per heavy atom. The predicted octanol–water partition coefficient (Wildman–Crippen LogP) is 1.89. The second-order valence-electron chi connectivity index (χ2n) is 8.12. The van der Waals surface area contributed by atoms with Crippen LogP contribution in [0.1, 0.15) is 27.2 Å². The molecule has 7 heteroatoms. The van der Waals surface area contributed by atoms with Crippen LogP contribution in [0.4, 0.5) is 0 Å². The van der Waals surface area contributed by atoms with E-state index in [1.54, 1.807) is 30.3 Å². The molecule has 0 radical (unpaired) electrons. The molecule has 0 spiro atoms. The number of amides is 1. The maximum atomic E-state index is 13.0. The largest absolute Gasteiger partial charge is 0.339 e. The Bertz CT molecular complexity index is 735. The normalized spacial score (nSPS) is 26.7. The van der Waals surface area contributed by atoms with E-state index in [1.807, 2.05) is 11.8 Å². The summed E-state index contributed by atoms with van der Waals surface area (Å²) in [7, 11) is -3.48. The highest BCUT2D eigenvalue weighted by Gasteiger charge is 2.34. The predicted molar refractivity (Wildman–Crippen MR) is 106 cm³/mol. The van der Waals surface area contributed by atoms with E-state index >= 15 is 0 Å². The van der Waals surface area contributed by atoms with Crippen LogP contribution in [0.3, 0.4) is 0 Å². The number of carbonyl (C=O) groups is 1. The summed E-state index contributed by atoms with van der Waals surface area (Å²) in [4.78, 5) is 17.4. The molecule has 1 amide bonds. The van der Waals surface area contributed by atoms with Crippen LogP contribution >= 0.6 is 0 Å². The summed E-state index contributed by atoms with van der Waals surface area (Å²) in [6, 6.07) is 8.36. The molecule has 2 heterocycles. The van der Waals surface area contributed by atoms with Gasteiger partial charge >= 0.3 is 0 Å². The van der Waals surface area contributed by atoms with E-state index in [2.05, 4.69) is 18.7 Å². The molecule has 0 unspecified atom stereocenters. The van der Waals surface area contributed by atoms with Gasteiger partial charge in [0.2, 0.25) is 15.9 Å². The number of nitrogens with zero attached hydrogens (tertiary/aromatic N) is 3. The highest BCUT2D eigenvalue weighted by Crippen LogP contribution is 2.24. The lowest BCUT2D eigenvalue weighted by Crippen LogP contribution is -2.56. The zero-order valence-corrected chi connectivity index (χ0v) is 17.4. The fourth-order valence-corrected chi connectivity index (χ4v) is 5.78. The van der Waals surface area contributed by atoms with Gasteiger partial charge in [-0.05, 0) is 37.3 Å². The first-order chi connectivity index (χ1) is 12.8. The average molecular weight is 394 g/mol. The van der Waals surface area contributed by atoms with Gasteiger partial charge in [0.15, 0.2) is 0 Å². The summed E-state index contributed by atoms with van der Waals surface area (Å²) in [5.41, 5.74) is 0. The minimum absolute atomic E-state index is 0.119. The third-order valence-electron chi connectivity index (χ3n) is 5.73. The fourth-order valence-electron chi connectivity index (χ4n) is 4.34. The molecule has 2 aliphatic rings. The molecule has 0 N–H and O–H groups in total. The van der Waals surface area contributed by atoms with Gasteiger partial charge in [0.25, 0.3) is 0 Å². The first-order valence-electron chi connectivity index (χ1n) is 9.87. The van der Waals surface area contributed by atoms with Crippen LogP contribution in [0, 0.1) is 11.8 Å². The van der Waals surface area contributed by atoms with Gasteiger partial charge in [0, 0.05) is 39.3 Å². The van der Waals surface area contributed by atoms with E-state index in [-0.39, 0.29) is 11.9 Å². The van der Waals surface area contributed by atoms with Crippen LogP contribution in [0.5, 0.6) is 0 Å². The number of piperidine rings is 1. The molecule has 27 heavy (non-hydrogen) atoms. The van der Waals surface area contributed by atoms with Gasteiger partial charge in [0.05, 0.1) is 10.9 Å². The number of benzene rings is 1. The summed E-state index contributed by atoms with van der Waals surface area (Å²) in [5, 5.41) is 0. The molecule has 0 aromatic heterocycles. The van der Waals surface area contributed by atoms with E-state index in [0.717, 1.165) is 13.1 Å². The Hall–Kier alpha value is -1.44. The molecule has 3 atom stereocenters. The van der Waals surface area contributed by atoms with Crippen LogP contribution in [-0.4, -0.2) is 73.7 Å². The smallest absolute Gasteiger partial charge is 0.243 e. The molecule has 0 saturated carbocycles. The van der Waals surface area contributed by atoms with Crippen LogP contribution in [0.15, 0.2) is 35.2 Å². The van der Waals surface area contributed by atoms with E-state index in [0.29, 0.717) is 42.9 Å². The van der Waals surface area contributed by atoms with Crippen LogP contribution in [-0.2, 0) is 14.8 Å². The monoisotopic (exact) mass is 393 g/mol. The van der Waals surface area contributed by atoms with E-state index in [1.165, 1.54) is 10.7 Å². The van der Waals surface area contributed by atoms with E-state index in [4.69, 9.17) is 0 Å². The number of hydrogen-bond donors (Lipinski definition) is 0. The molecular weight excluding hydrogens is 362 g/mol. The third-order valence-corrected chi connectivity index (χ3v) is 7.65. The number of likely N-dealkylation sites (tertiary alicyclic amines) is 1. The number of carbonyl (C=O) groups excluding carboxylic acids is 1. The maximum Gasteiger partial charge on any atom is 0.243 e. The van der Waals surface area contributed by atoms with Gasteiger partial charge in [-0.2, -0.15) is 4.31 Å². The van der Waals surface area contributed by atoms with Crippen molar-refractivity contribution in [3.8, 4) is 0 Å². The Kier molecular flexibility index (Phi) is 6.23. The van der Waals surface area contributed by atoms with Crippen molar-refractivity contribution in [1.82, 2.24) is 14.1 Å². The first-order valence-corrected chi connectivity index (χ1v) is 11.3. The third kappa shape index (κ3) is 4.52. The van der Waals surface area contributed by atoms with Crippen molar-refractivity contribution in [3.05, 3.63) is 30.3 Å². The lowest BCUT2D eigenvalue weighted by atomic mass is 9.91. The zero-order chi connectivity index (χ0) is 19.6. The summed E-state index contributed by atoms with van der Waals surface area (Å²) in [6.07, 6.45) is 1.22. The molecule has 0 aliphatic carbocycles. The average Bonchev–Trinajstić information content (AvgIpc) is 2.67. The summed E-state index contributed by atoms with van der Waals surface area (Å²) in [6.45, 7) is 9.99. The molecule has 2 aliphatic heterocycles. The van der Waals surface area contributed by atoms with Crippen LogP contribution < -0.4 is 0 Å². The summed E-state index contributed by atoms with van der Waals surface area (Å²) >= 11 is 0. The van der Waals surface area contributed by atoms with Crippen molar-refractivity contribution in [1.29, 1.82) is 0 Å². The molecule has 1 aromatic rings. The minimum Gasteiger partial charge on any atom is -0.339 e. The number of piperazine rings is 1. The van der Waals surface area contributed by atoms with Crippen LogP contribution in [0.25, 0.3) is 0 Å². The number of rotatable bonds is 4. The van der Waals surface area contributed by atoms with Crippen molar-refractivity contribution in [3.63, 3.8) is 0 Å². The van der Waals surface area contributed by atoms with E-state index < -0.39 is 10.0 Å². The van der Waals surface area contributed by atoms with Gasteiger partial charge in [-0.1, -0.05) is 32.0 Å². The number of hydrogen-bond acceptors (Lipinski definition) is 4. The standard InChI is InChI=1S/C20H31N3O3S/c1-16-13-17(2)15-22(14-16)18(3)20(24)21-9-11-23(12-10-21)27(25,26)19-7-5-4-6-8-19/h4-8,16-18H,9-15H2,1-3H3/t16-,17-,18-/m1/s1. The first kappa shape index (κ1) is 20.3. The Morgan fingerprint density at radius 2 is 1.56 bits per heavy atom. The zero-order valence-electron chi connectivity index (χ0n) is 16.5. The lowest BCUT2D eigenvalue weighted by Gasteiger charge is -2.41. The van der Waals surface area contributed by atoms with Crippen molar-refractivity contribution in [2.45, 2.75) is 38.1 Å². The fraction of sp³-hybridized carbons (Fsp3) is 0.650. The summed E-state index contributed by atoms with van der Waals surface area (Å²) < 4.78 is 27.0. The van der Waals surface area contributed by atoms with Crippen molar-refractivity contribution < 1.29 is 13.2 Å². The molecule has 0 bridgehead atoms. The van der Waals surface area contributed by atoms with E-state index in [9.17, 15) is 13.2 Å². The van der Waals surface area contributed by atoms with Crippen molar-refractivity contribution >= 4 is 15.9 Å². The highest BCUT2D eigenvalue weighted by atomic mass is 32.2. The van der Waals surface area contributed by atoms with Gasteiger partial charge < -0.3 is 4.90 Å². The molecule has 150 valence electrons. The highest BCUT2D eigenvalue weighted by molar-refractivity contribution is 7.89. The number of sulfonamides is 1. The van der Waals surface area contributed by atoms with Crippen molar-refractivity contribution in [2.24, 2.45) is 11.8 Å². The minimum atomic E-state index is -3.48. The summed E-state index contributed by atoms with van der Waals surface area (Å²) in [5.74, 6) is 1.33. The lowest BCUT2D eigenvalue weighted by molar-refractivity contribution is -0.138. The topological polar surface area (TPSA) is 60.9 Å². The van der Waals surface area contributed by atoms with Gasteiger partial charge in [-0.25, -0.2) is 8.42 Å². The molecule has 6 nitrogen and oxygen atoms in total. The maximum absolute atomic E-state index is 13.0. The van der Waals surface area contributed by atoms with Gasteiger partial charge in [-0.3, -0.25) is 9.69 Å². The molecular formula is C20H31N3O3S. The second kappa shape index (κ2) is 8.29. The molecule has 2 saturated heterocycles. The van der Waals surface area contributed by atoms with Crippen molar-refractivity contribution in [2.75, 3.05) is 39.3 Å². The second-order valence-corrected chi connectivity index (χ2v) is 10.1. The Morgan fingerprint density at radius 3 is 2.11 bits per heavy atom. The molecule has 1 aromatic carbocycles. The SMILES string of the molecule is C[C@@H]1C[C@@H](C)CN([C@H](C)C(=O)N2CCN(S(=O)(=O)c3ccccc3)CC2)C1. The molecule has 2 fully saturated rings.